The molecule has 1 heterocycles. The predicted molar refractivity (Wildman–Crippen MR) is 49.3 cm³/mol. The van der Waals surface area contributed by atoms with Crippen molar-refractivity contribution in [1.29, 1.82) is 0 Å². The first kappa shape index (κ1) is 9.76. The van der Waals surface area contributed by atoms with Crippen molar-refractivity contribution in [3.8, 4) is 0 Å². The summed E-state index contributed by atoms with van der Waals surface area (Å²) in [6.07, 6.45) is 2.94. The molecule has 15 heavy (non-hydrogen) atoms. The van der Waals surface area contributed by atoms with Crippen LogP contribution in [-0.4, -0.2) is 22.2 Å². The highest BCUT2D eigenvalue weighted by Crippen LogP contribution is 2.30. The van der Waals surface area contributed by atoms with Crippen LogP contribution in [-0.2, 0) is 12.8 Å². The summed E-state index contributed by atoms with van der Waals surface area (Å²) in [6.45, 7) is 0. The van der Waals surface area contributed by atoms with E-state index in [0.29, 0.717) is 24.0 Å². The fraction of sp³-hybridized carbons (Fsp3) is 0.400. The SMILES string of the molecule is O=C(O)c1oc(C(=O)O)c2c1CCCC2. The fourth-order valence-corrected chi connectivity index (χ4v) is 1.98. The molecule has 0 fully saturated rings. The van der Waals surface area contributed by atoms with Crippen LogP contribution < -0.4 is 0 Å². The molecule has 0 saturated heterocycles. The zero-order chi connectivity index (χ0) is 11.0. The van der Waals surface area contributed by atoms with Crippen LogP contribution in [0.2, 0.25) is 0 Å². The number of carbonyl (C=O) groups is 2. The van der Waals surface area contributed by atoms with Crippen molar-refractivity contribution < 1.29 is 24.2 Å². The van der Waals surface area contributed by atoms with Crippen molar-refractivity contribution in [2.24, 2.45) is 0 Å². The van der Waals surface area contributed by atoms with Gasteiger partial charge >= 0.3 is 11.9 Å². The molecule has 5 nitrogen and oxygen atoms in total. The Hall–Kier alpha value is -1.78. The van der Waals surface area contributed by atoms with Crippen LogP contribution in [0.5, 0.6) is 0 Å². The van der Waals surface area contributed by atoms with Gasteiger partial charge in [0.15, 0.2) is 0 Å². The molecule has 0 bridgehead atoms. The van der Waals surface area contributed by atoms with Crippen molar-refractivity contribution in [3.63, 3.8) is 0 Å². The predicted octanol–water partition coefficient (Wildman–Crippen LogP) is 1.55. The Kier molecular flexibility index (Phi) is 2.22. The van der Waals surface area contributed by atoms with Crippen LogP contribution in [0, 0.1) is 0 Å². The molecule has 1 aromatic heterocycles. The van der Waals surface area contributed by atoms with Crippen molar-refractivity contribution in [2.45, 2.75) is 25.7 Å². The van der Waals surface area contributed by atoms with Gasteiger partial charge in [-0.1, -0.05) is 0 Å². The minimum Gasteiger partial charge on any atom is -0.475 e. The number of hydrogen-bond donors (Lipinski definition) is 2. The summed E-state index contributed by atoms with van der Waals surface area (Å²) in [5.74, 6) is -2.80. The van der Waals surface area contributed by atoms with E-state index in [0.717, 1.165) is 12.8 Å². The second-order valence-electron chi connectivity index (χ2n) is 3.53. The summed E-state index contributed by atoms with van der Waals surface area (Å²) in [5, 5.41) is 17.7. The number of fused-ring (bicyclic) bond motifs is 1. The van der Waals surface area contributed by atoms with Crippen LogP contribution >= 0.6 is 0 Å². The lowest BCUT2D eigenvalue weighted by molar-refractivity contribution is 0.0630. The molecular formula is C10H10O5. The normalized spacial score (nSPS) is 14.7. The summed E-state index contributed by atoms with van der Waals surface area (Å²) >= 11 is 0. The molecule has 0 amide bonds. The number of aromatic carboxylic acids is 2. The maximum Gasteiger partial charge on any atom is 0.372 e. The van der Waals surface area contributed by atoms with E-state index in [4.69, 9.17) is 14.6 Å². The zero-order valence-electron chi connectivity index (χ0n) is 7.95. The quantitative estimate of drug-likeness (QED) is 0.773. The minimum atomic E-state index is -1.19. The molecule has 0 atom stereocenters. The maximum atomic E-state index is 10.8. The summed E-state index contributed by atoms with van der Waals surface area (Å²) in [5.41, 5.74) is 1.12. The monoisotopic (exact) mass is 210 g/mol. The summed E-state index contributed by atoms with van der Waals surface area (Å²) in [4.78, 5) is 21.6. The molecule has 1 aliphatic rings. The highest BCUT2D eigenvalue weighted by molar-refractivity contribution is 5.92. The number of furan rings is 1. The Morgan fingerprint density at radius 2 is 1.33 bits per heavy atom. The average molecular weight is 210 g/mol. The summed E-state index contributed by atoms with van der Waals surface area (Å²) in [7, 11) is 0. The first-order valence-corrected chi connectivity index (χ1v) is 4.72. The topological polar surface area (TPSA) is 87.7 Å². The van der Waals surface area contributed by atoms with Crippen LogP contribution in [0.15, 0.2) is 4.42 Å². The van der Waals surface area contributed by atoms with Gasteiger partial charge in [-0.25, -0.2) is 9.59 Å². The van der Waals surface area contributed by atoms with E-state index < -0.39 is 11.9 Å². The molecule has 80 valence electrons. The Bertz CT molecular complexity index is 391. The van der Waals surface area contributed by atoms with Gasteiger partial charge in [0.1, 0.15) is 0 Å². The van der Waals surface area contributed by atoms with E-state index in [9.17, 15) is 9.59 Å². The molecule has 1 aromatic rings. The summed E-state index contributed by atoms with van der Waals surface area (Å²) in [6, 6.07) is 0. The smallest absolute Gasteiger partial charge is 0.372 e. The third-order valence-corrected chi connectivity index (χ3v) is 2.61. The van der Waals surface area contributed by atoms with Crippen molar-refractivity contribution in [1.82, 2.24) is 0 Å². The standard InChI is InChI=1S/C10H10O5/c11-9(12)7-5-3-1-2-4-6(5)8(15-7)10(13)14/h1-4H2,(H,11,12)(H,13,14). The van der Waals surface area contributed by atoms with Gasteiger partial charge in [0.2, 0.25) is 11.5 Å². The lowest BCUT2D eigenvalue weighted by Crippen LogP contribution is -2.07. The molecule has 5 heteroatoms. The second kappa shape index (κ2) is 3.42. The van der Waals surface area contributed by atoms with Gasteiger partial charge in [-0.05, 0) is 25.7 Å². The summed E-state index contributed by atoms with van der Waals surface area (Å²) < 4.78 is 4.89. The largest absolute Gasteiger partial charge is 0.475 e. The van der Waals surface area contributed by atoms with Crippen LogP contribution in [0.1, 0.15) is 45.1 Å². The Morgan fingerprint density at radius 3 is 1.67 bits per heavy atom. The fourth-order valence-electron chi connectivity index (χ4n) is 1.98. The molecule has 1 aliphatic carbocycles. The van der Waals surface area contributed by atoms with Crippen molar-refractivity contribution in [3.05, 3.63) is 22.6 Å². The van der Waals surface area contributed by atoms with Crippen LogP contribution in [0.4, 0.5) is 0 Å². The van der Waals surface area contributed by atoms with Crippen LogP contribution in [0.25, 0.3) is 0 Å². The van der Waals surface area contributed by atoms with Gasteiger partial charge in [0, 0.05) is 11.1 Å². The third kappa shape index (κ3) is 1.49. The molecular weight excluding hydrogens is 200 g/mol. The van der Waals surface area contributed by atoms with Crippen LogP contribution in [0.3, 0.4) is 0 Å². The number of carboxylic acids is 2. The van der Waals surface area contributed by atoms with Crippen molar-refractivity contribution in [2.75, 3.05) is 0 Å². The Labute approximate surface area is 85.3 Å². The lowest BCUT2D eigenvalue weighted by atomic mass is 9.92. The molecule has 2 N–H and O–H groups in total. The third-order valence-electron chi connectivity index (χ3n) is 2.61. The second-order valence-corrected chi connectivity index (χ2v) is 3.53. The molecule has 0 radical (unpaired) electrons. The van der Waals surface area contributed by atoms with E-state index in [-0.39, 0.29) is 11.5 Å². The van der Waals surface area contributed by atoms with Gasteiger partial charge in [0.25, 0.3) is 0 Å². The first-order valence-electron chi connectivity index (χ1n) is 4.72. The van der Waals surface area contributed by atoms with Gasteiger partial charge < -0.3 is 14.6 Å². The average Bonchev–Trinajstić information content (AvgIpc) is 2.56. The van der Waals surface area contributed by atoms with Gasteiger partial charge in [-0.2, -0.15) is 0 Å². The highest BCUT2D eigenvalue weighted by atomic mass is 16.4. The van der Waals surface area contributed by atoms with Gasteiger partial charge in [-0.3, -0.25) is 0 Å². The van der Waals surface area contributed by atoms with Gasteiger partial charge in [-0.15, -0.1) is 0 Å². The molecule has 0 aliphatic heterocycles. The van der Waals surface area contributed by atoms with Crippen molar-refractivity contribution >= 4 is 11.9 Å². The number of hydrogen-bond acceptors (Lipinski definition) is 3. The van der Waals surface area contributed by atoms with E-state index >= 15 is 0 Å². The Balaban J connectivity index is 2.59. The first-order chi connectivity index (χ1) is 7.11. The molecule has 2 rings (SSSR count). The minimum absolute atomic E-state index is 0.206. The molecule has 0 unspecified atom stereocenters. The van der Waals surface area contributed by atoms with E-state index in [1.807, 2.05) is 0 Å². The molecule has 0 spiro atoms. The molecule has 0 saturated carbocycles. The highest BCUT2D eigenvalue weighted by Gasteiger charge is 2.29. The lowest BCUT2D eigenvalue weighted by Gasteiger charge is -2.10. The van der Waals surface area contributed by atoms with Gasteiger partial charge in [0.05, 0.1) is 0 Å². The van der Waals surface area contributed by atoms with E-state index in [1.165, 1.54) is 0 Å². The number of carboxylic acid groups (broad SMARTS) is 2. The Morgan fingerprint density at radius 1 is 0.933 bits per heavy atom. The number of rotatable bonds is 2. The molecule has 0 aromatic carbocycles. The van der Waals surface area contributed by atoms with E-state index in [2.05, 4.69) is 0 Å². The van der Waals surface area contributed by atoms with E-state index in [1.54, 1.807) is 0 Å². The maximum absolute atomic E-state index is 10.8. The zero-order valence-corrected chi connectivity index (χ0v) is 7.95.